The van der Waals surface area contributed by atoms with E-state index >= 15 is 0 Å². The fourth-order valence-corrected chi connectivity index (χ4v) is 4.16. The van der Waals surface area contributed by atoms with Crippen LogP contribution in [0.4, 0.5) is 0 Å². The van der Waals surface area contributed by atoms with Crippen molar-refractivity contribution in [1.29, 1.82) is 0 Å². The summed E-state index contributed by atoms with van der Waals surface area (Å²) in [5.41, 5.74) is 2.21. The quantitative estimate of drug-likeness (QED) is 0.463. The molecule has 0 bridgehead atoms. The van der Waals surface area contributed by atoms with Gasteiger partial charge in [0.15, 0.2) is 11.5 Å². The first-order chi connectivity index (χ1) is 9.62. The van der Waals surface area contributed by atoms with E-state index in [1.54, 1.807) is 32.7 Å². The first-order valence-corrected chi connectivity index (χ1v) is 8.66. The minimum absolute atomic E-state index is 0.0528. The predicted molar refractivity (Wildman–Crippen MR) is 93.9 cm³/mol. The molecular formula is C14H14BrIO3S. The highest BCUT2D eigenvalue weighted by Crippen LogP contribution is 2.46. The number of alkyl halides is 1. The first kappa shape index (κ1) is 15.9. The van der Waals surface area contributed by atoms with E-state index in [0.717, 1.165) is 5.56 Å². The molecule has 0 N–H and O–H groups in total. The lowest BCUT2D eigenvalue weighted by Gasteiger charge is -2.18. The minimum Gasteiger partial charge on any atom is -0.493 e. The Kier molecular flexibility index (Phi) is 5.57. The van der Waals surface area contributed by atoms with Crippen molar-refractivity contribution in [2.75, 3.05) is 21.3 Å². The van der Waals surface area contributed by atoms with Crippen molar-refractivity contribution in [2.45, 2.75) is 4.83 Å². The van der Waals surface area contributed by atoms with Crippen molar-refractivity contribution in [2.24, 2.45) is 0 Å². The molecule has 1 aromatic heterocycles. The van der Waals surface area contributed by atoms with E-state index in [2.05, 4.69) is 50.0 Å². The molecule has 1 unspecified atom stereocenters. The monoisotopic (exact) mass is 468 g/mol. The third-order valence-corrected chi connectivity index (χ3v) is 5.72. The molecule has 0 amide bonds. The minimum atomic E-state index is 0.0528. The average Bonchev–Trinajstić information content (AvgIpc) is 2.91. The van der Waals surface area contributed by atoms with Gasteiger partial charge in [0.1, 0.15) is 0 Å². The molecule has 6 heteroatoms. The van der Waals surface area contributed by atoms with E-state index in [-0.39, 0.29) is 4.83 Å². The third-order valence-electron chi connectivity index (χ3n) is 2.89. The van der Waals surface area contributed by atoms with Gasteiger partial charge in [-0.3, -0.25) is 0 Å². The Bertz CT molecular complexity index is 600. The van der Waals surface area contributed by atoms with Crippen LogP contribution in [0.25, 0.3) is 0 Å². The summed E-state index contributed by atoms with van der Waals surface area (Å²) in [6.45, 7) is 0. The second-order valence-electron chi connectivity index (χ2n) is 3.97. The highest BCUT2D eigenvalue weighted by molar-refractivity contribution is 14.1. The van der Waals surface area contributed by atoms with Gasteiger partial charge in [-0.05, 0) is 51.7 Å². The molecule has 0 aliphatic rings. The molecule has 0 saturated heterocycles. The van der Waals surface area contributed by atoms with Crippen LogP contribution >= 0.6 is 49.9 Å². The molecule has 0 fully saturated rings. The van der Waals surface area contributed by atoms with Crippen LogP contribution in [0.5, 0.6) is 17.2 Å². The number of thiophene rings is 1. The second kappa shape index (κ2) is 7.00. The van der Waals surface area contributed by atoms with Gasteiger partial charge in [0.05, 0.1) is 29.0 Å². The Morgan fingerprint density at radius 3 is 2.30 bits per heavy atom. The lowest BCUT2D eigenvalue weighted by atomic mass is 10.1. The summed E-state index contributed by atoms with van der Waals surface area (Å²) in [6, 6.07) is 6.03. The molecule has 20 heavy (non-hydrogen) atoms. The predicted octanol–water partition coefficient (Wildman–Crippen LogP) is 4.86. The summed E-state index contributed by atoms with van der Waals surface area (Å²) in [7, 11) is 4.86. The van der Waals surface area contributed by atoms with Crippen LogP contribution in [-0.4, -0.2) is 21.3 Å². The second-order valence-corrected chi connectivity index (χ2v) is 7.69. The maximum Gasteiger partial charge on any atom is 0.203 e. The van der Waals surface area contributed by atoms with Gasteiger partial charge in [-0.2, -0.15) is 0 Å². The zero-order valence-corrected chi connectivity index (χ0v) is 15.8. The van der Waals surface area contributed by atoms with Crippen LogP contribution < -0.4 is 14.2 Å². The fraction of sp³-hybridized carbons (Fsp3) is 0.286. The molecule has 1 aromatic carbocycles. The third kappa shape index (κ3) is 3.07. The molecule has 3 nitrogen and oxygen atoms in total. The number of rotatable bonds is 5. The molecule has 2 aromatic rings. The van der Waals surface area contributed by atoms with Gasteiger partial charge in [-0.25, -0.2) is 0 Å². The molecule has 0 radical (unpaired) electrons. The van der Waals surface area contributed by atoms with Crippen LogP contribution in [0.15, 0.2) is 23.6 Å². The van der Waals surface area contributed by atoms with Crippen LogP contribution in [0.3, 0.4) is 0 Å². The van der Waals surface area contributed by atoms with Gasteiger partial charge >= 0.3 is 0 Å². The first-order valence-electron chi connectivity index (χ1n) is 5.79. The number of hydrogen-bond acceptors (Lipinski definition) is 4. The van der Waals surface area contributed by atoms with E-state index in [1.165, 1.54) is 8.45 Å². The van der Waals surface area contributed by atoms with E-state index in [1.807, 2.05) is 12.1 Å². The van der Waals surface area contributed by atoms with Crippen LogP contribution in [0.1, 0.15) is 16.0 Å². The van der Waals surface area contributed by atoms with E-state index in [9.17, 15) is 0 Å². The Hall–Kier alpha value is -0.470. The Morgan fingerprint density at radius 2 is 1.80 bits per heavy atom. The normalized spacial score (nSPS) is 12.1. The Morgan fingerprint density at radius 1 is 1.10 bits per heavy atom. The number of benzene rings is 1. The summed E-state index contributed by atoms with van der Waals surface area (Å²) in [6.07, 6.45) is 0. The van der Waals surface area contributed by atoms with E-state index in [4.69, 9.17) is 14.2 Å². The summed E-state index contributed by atoms with van der Waals surface area (Å²) in [4.78, 5) is 0.0528. The summed E-state index contributed by atoms with van der Waals surface area (Å²) >= 11 is 7.77. The van der Waals surface area contributed by atoms with Crippen LogP contribution in [-0.2, 0) is 0 Å². The van der Waals surface area contributed by atoms with Crippen molar-refractivity contribution < 1.29 is 14.2 Å². The molecular weight excluding hydrogens is 455 g/mol. The molecule has 0 saturated carbocycles. The molecule has 0 aliphatic carbocycles. The average molecular weight is 469 g/mol. The largest absolute Gasteiger partial charge is 0.493 e. The number of hydrogen-bond donors (Lipinski definition) is 0. The van der Waals surface area contributed by atoms with Gasteiger partial charge in [-0.15, -0.1) is 11.3 Å². The van der Waals surface area contributed by atoms with Crippen LogP contribution in [0, 0.1) is 2.88 Å². The van der Waals surface area contributed by atoms with Crippen molar-refractivity contribution in [3.8, 4) is 17.2 Å². The summed E-state index contributed by atoms with van der Waals surface area (Å²) in [5, 5.41) is 2.14. The zero-order chi connectivity index (χ0) is 14.7. The molecule has 1 atom stereocenters. The Labute approximate surface area is 144 Å². The zero-order valence-electron chi connectivity index (χ0n) is 11.3. The highest BCUT2D eigenvalue weighted by Gasteiger charge is 2.22. The summed E-state index contributed by atoms with van der Waals surface area (Å²) < 4.78 is 17.5. The smallest absolute Gasteiger partial charge is 0.203 e. The number of halogens is 2. The highest BCUT2D eigenvalue weighted by atomic mass is 127. The lowest BCUT2D eigenvalue weighted by Crippen LogP contribution is -2.01. The maximum atomic E-state index is 5.53. The molecule has 0 aliphatic heterocycles. The van der Waals surface area contributed by atoms with Crippen molar-refractivity contribution in [3.63, 3.8) is 0 Å². The van der Waals surface area contributed by atoms with E-state index in [0.29, 0.717) is 17.2 Å². The van der Waals surface area contributed by atoms with E-state index < -0.39 is 0 Å². The maximum absolute atomic E-state index is 5.53. The molecule has 0 spiro atoms. The van der Waals surface area contributed by atoms with Crippen LogP contribution in [0.2, 0.25) is 0 Å². The van der Waals surface area contributed by atoms with Gasteiger partial charge in [0.25, 0.3) is 0 Å². The lowest BCUT2D eigenvalue weighted by molar-refractivity contribution is 0.322. The number of ether oxygens (including phenoxy) is 3. The van der Waals surface area contributed by atoms with Gasteiger partial charge in [0, 0.05) is 5.56 Å². The molecule has 1 heterocycles. The standard InChI is InChI=1S/C14H14BrIO3S/c1-17-10-5-4-9(13(18-2)14(10)19-3)12(15)8-6-11(16)20-7-8/h4-7,12H,1-3H3. The SMILES string of the molecule is COc1ccc(C(Br)c2csc(I)c2)c(OC)c1OC. The van der Waals surface area contributed by atoms with Crippen molar-refractivity contribution >= 4 is 49.9 Å². The van der Waals surface area contributed by atoms with Crippen molar-refractivity contribution in [3.05, 3.63) is 37.6 Å². The molecule has 108 valence electrons. The molecule has 2 rings (SSSR count). The Balaban J connectivity index is 2.51. The fourth-order valence-electron chi connectivity index (χ4n) is 1.96. The summed E-state index contributed by atoms with van der Waals surface area (Å²) in [5.74, 6) is 1.96. The van der Waals surface area contributed by atoms with Gasteiger partial charge < -0.3 is 14.2 Å². The van der Waals surface area contributed by atoms with Gasteiger partial charge in [-0.1, -0.05) is 15.9 Å². The van der Waals surface area contributed by atoms with Gasteiger partial charge in [0.2, 0.25) is 5.75 Å². The topological polar surface area (TPSA) is 27.7 Å². The van der Waals surface area contributed by atoms with Crippen molar-refractivity contribution in [1.82, 2.24) is 0 Å². The number of methoxy groups -OCH3 is 3.